The van der Waals surface area contributed by atoms with E-state index in [-0.39, 0.29) is 5.91 Å². The van der Waals surface area contributed by atoms with Gasteiger partial charge in [-0.05, 0) is 31.0 Å². The predicted molar refractivity (Wildman–Crippen MR) is 78.5 cm³/mol. The van der Waals surface area contributed by atoms with Crippen molar-refractivity contribution in [3.05, 3.63) is 24.3 Å². The molecule has 0 aliphatic heterocycles. The molecule has 4 nitrogen and oxygen atoms in total. The van der Waals surface area contributed by atoms with Crippen molar-refractivity contribution in [2.24, 2.45) is 11.7 Å². The summed E-state index contributed by atoms with van der Waals surface area (Å²) in [4.78, 5) is 14.1. The minimum Gasteiger partial charge on any atom is -0.495 e. The normalized spacial score (nSPS) is 10.6. The van der Waals surface area contributed by atoms with Crippen LogP contribution in [0.2, 0.25) is 0 Å². The molecule has 0 heterocycles. The Bertz CT molecular complexity index is 405. The molecule has 0 saturated heterocycles. The fourth-order valence-corrected chi connectivity index (χ4v) is 1.94. The fraction of sp³-hybridized carbons (Fsp3) is 0.533. The molecule has 0 bridgehead atoms. The first-order valence-corrected chi connectivity index (χ1v) is 6.73. The third-order valence-electron chi connectivity index (χ3n) is 2.85. The third-order valence-corrected chi connectivity index (χ3v) is 2.85. The van der Waals surface area contributed by atoms with Crippen molar-refractivity contribution in [2.75, 3.05) is 25.1 Å². The fourth-order valence-electron chi connectivity index (χ4n) is 1.94. The molecule has 0 saturated carbocycles. The van der Waals surface area contributed by atoms with Crippen LogP contribution >= 0.6 is 0 Å². The van der Waals surface area contributed by atoms with Crippen LogP contribution in [0.5, 0.6) is 5.75 Å². The third kappa shape index (κ3) is 4.56. The molecule has 0 fully saturated rings. The van der Waals surface area contributed by atoms with Gasteiger partial charge in [0.05, 0.1) is 12.8 Å². The van der Waals surface area contributed by atoms with Gasteiger partial charge in [0.1, 0.15) is 5.75 Å². The van der Waals surface area contributed by atoms with Gasteiger partial charge in [-0.3, -0.25) is 4.79 Å². The van der Waals surface area contributed by atoms with Crippen LogP contribution in [0.25, 0.3) is 0 Å². The number of nitrogens with zero attached hydrogens (tertiary/aromatic N) is 1. The number of nitrogens with two attached hydrogens (primary N) is 1. The Morgan fingerprint density at radius 1 is 1.37 bits per heavy atom. The summed E-state index contributed by atoms with van der Waals surface area (Å²) in [5.74, 6) is 1.17. The molecule has 0 atom stereocenters. The molecular weight excluding hydrogens is 240 g/mol. The van der Waals surface area contributed by atoms with Crippen LogP contribution in [0.4, 0.5) is 5.69 Å². The van der Waals surface area contributed by atoms with Crippen molar-refractivity contribution in [1.82, 2.24) is 0 Å². The molecule has 0 radical (unpaired) electrons. The zero-order chi connectivity index (χ0) is 14.3. The number of carbonyl (C=O) groups excluding carboxylic acids is 1. The first-order chi connectivity index (χ1) is 9.10. The summed E-state index contributed by atoms with van der Waals surface area (Å²) >= 11 is 0. The van der Waals surface area contributed by atoms with E-state index in [1.165, 1.54) is 0 Å². The summed E-state index contributed by atoms with van der Waals surface area (Å²) in [6.45, 7) is 5.28. The standard InChI is InChI=1S/C15H24N2O2/c1-12(2)11-15(18)17(10-6-9-16)13-7-4-5-8-14(13)19-3/h4-5,7-8,12H,6,9-11,16H2,1-3H3. The molecule has 2 N–H and O–H groups in total. The van der Waals surface area contributed by atoms with Gasteiger partial charge in [0.2, 0.25) is 5.91 Å². The zero-order valence-corrected chi connectivity index (χ0v) is 12.1. The van der Waals surface area contributed by atoms with Gasteiger partial charge in [-0.25, -0.2) is 0 Å². The monoisotopic (exact) mass is 264 g/mol. The van der Waals surface area contributed by atoms with E-state index in [1.807, 2.05) is 38.1 Å². The van der Waals surface area contributed by atoms with Crippen molar-refractivity contribution in [1.29, 1.82) is 0 Å². The van der Waals surface area contributed by atoms with Gasteiger partial charge >= 0.3 is 0 Å². The average Bonchev–Trinajstić information content (AvgIpc) is 2.39. The SMILES string of the molecule is COc1ccccc1N(CCCN)C(=O)CC(C)C. The van der Waals surface area contributed by atoms with Crippen molar-refractivity contribution in [3.8, 4) is 5.75 Å². The van der Waals surface area contributed by atoms with Gasteiger partial charge in [-0.2, -0.15) is 0 Å². The van der Waals surface area contributed by atoms with E-state index >= 15 is 0 Å². The summed E-state index contributed by atoms with van der Waals surface area (Å²) in [6.07, 6.45) is 1.31. The first-order valence-electron chi connectivity index (χ1n) is 6.73. The van der Waals surface area contributed by atoms with E-state index in [2.05, 4.69) is 0 Å². The van der Waals surface area contributed by atoms with Crippen LogP contribution in [0.1, 0.15) is 26.7 Å². The molecular formula is C15H24N2O2. The highest BCUT2D eigenvalue weighted by atomic mass is 16.5. The van der Waals surface area contributed by atoms with Crippen LogP contribution in [0, 0.1) is 5.92 Å². The number of rotatable bonds is 7. The molecule has 1 aromatic rings. The second-order valence-corrected chi connectivity index (χ2v) is 4.96. The molecule has 0 aliphatic carbocycles. The molecule has 1 amide bonds. The van der Waals surface area contributed by atoms with Crippen molar-refractivity contribution >= 4 is 11.6 Å². The zero-order valence-electron chi connectivity index (χ0n) is 12.1. The number of para-hydroxylation sites is 2. The van der Waals surface area contributed by atoms with E-state index in [9.17, 15) is 4.79 Å². The van der Waals surface area contributed by atoms with Crippen molar-refractivity contribution < 1.29 is 9.53 Å². The second kappa shape index (κ2) is 7.79. The minimum absolute atomic E-state index is 0.118. The number of methoxy groups -OCH3 is 1. The van der Waals surface area contributed by atoms with Gasteiger partial charge in [0.15, 0.2) is 0 Å². The number of benzene rings is 1. The Kier molecular flexibility index (Phi) is 6.36. The lowest BCUT2D eigenvalue weighted by molar-refractivity contribution is -0.119. The van der Waals surface area contributed by atoms with E-state index < -0.39 is 0 Å². The number of hydrogen-bond acceptors (Lipinski definition) is 3. The van der Waals surface area contributed by atoms with Crippen LogP contribution in [0.3, 0.4) is 0 Å². The molecule has 0 aromatic heterocycles. The maximum Gasteiger partial charge on any atom is 0.227 e. The van der Waals surface area contributed by atoms with Crippen LogP contribution in [0.15, 0.2) is 24.3 Å². The summed E-state index contributed by atoms with van der Waals surface area (Å²) in [7, 11) is 1.62. The quantitative estimate of drug-likeness (QED) is 0.823. The molecule has 106 valence electrons. The number of hydrogen-bond donors (Lipinski definition) is 1. The van der Waals surface area contributed by atoms with Gasteiger partial charge < -0.3 is 15.4 Å². The van der Waals surface area contributed by atoms with Gasteiger partial charge in [0, 0.05) is 13.0 Å². The highest BCUT2D eigenvalue weighted by Gasteiger charge is 2.19. The highest BCUT2D eigenvalue weighted by Crippen LogP contribution is 2.28. The Balaban J connectivity index is 2.98. The molecule has 0 unspecified atom stereocenters. The number of amides is 1. The maximum atomic E-state index is 12.4. The van der Waals surface area contributed by atoms with E-state index in [1.54, 1.807) is 12.0 Å². The lowest BCUT2D eigenvalue weighted by Gasteiger charge is -2.25. The minimum atomic E-state index is 0.118. The van der Waals surface area contributed by atoms with Crippen LogP contribution in [-0.2, 0) is 4.79 Å². The largest absolute Gasteiger partial charge is 0.495 e. The molecule has 4 heteroatoms. The Morgan fingerprint density at radius 2 is 2.05 bits per heavy atom. The molecule has 0 spiro atoms. The van der Waals surface area contributed by atoms with Gasteiger partial charge in [-0.15, -0.1) is 0 Å². The lowest BCUT2D eigenvalue weighted by atomic mass is 10.1. The van der Waals surface area contributed by atoms with E-state index in [4.69, 9.17) is 10.5 Å². The van der Waals surface area contributed by atoms with Crippen LogP contribution < -0.4 is 15.4 Å². The van der Waals surface area contributed by atoms with Crippen molar-refractivity contribution in [2.45, 2.75) is 26.7 Å². The van der Waals surface area contributed by atoms with E-state index in [0.29, 0.717) is 25.4 Å². The summed E-state index contributed by atoms with van der Waals surface area (Å²) in [5, 5.41) is 0. The van der Waals surface area contributed by atoms with Crippen molar-refractivity contribution in [3.63, 3.8) is 0 Å². The lowest BCUT2D eigenvalue weighted by Crippen LogP contribution is -2.33. The number of anilines is 1. The summed E-state index contributed by atoms with van der Waals surface area (Å²) in [5.41, 5.74) is 6.38. The number of carbonyl (C=O) groups is 1. The van der Waals surface area contributed by atoms with Gasteiger partial charge in [0.25, 0.3) is 0 Å². The molecule has 0 aliphatic rings. The Labute approximate surface area is 115 Å². The summed E-state index contributed by atoms with van der Waals surface area (Å²) in [6, 6.07) is 7.59. The topological polar surface area (TPSA) is 55.6 Å². The smallest absolute Gasteiger partial charge is 0.227 e. The first kappa shape index (κ1) is 15.5. The number of ether oxygens (including phenoxy) is 1. The predicted octanol–water partition coefficient (Wildman–Crippen LogP) is 2.42. The molecule has 19 heavy (non-hydrogen) atoms. The highest BCUT2D eigenvalue weighted by molar-refractivity contribution is 5.94. The molecule has 1 rings (SSSR count). The van der Waals surface area contributed by atoms with Gasteiger partial charge in [-0.1, -0.05) is 26.0 Å². The molecule has 1 aromatic carbocycles. The average molecular weight is 264 g/mol. The van der Waals surface area contributed by atoms with Crippen LogP contribution in [-0.4, -0.2) is 26.1 Å². The summed E-state index contributed by atoms with van der Waals surface area (Å²) < 4.78 is 5.34. The van der Waals surface area contributed by atoms with E-state index in [0.717, 1.165) is 17.9 Å². The Morgan fingerprint density at radius 3 is 2.63 bits per heavy atom. The Hall–Kier alpha value is -1.55. The maximum absolute atomic E-state index is 12.4. The second-order valence-electron chi connectivity index (χ2n) is 4.96.